The average molecular weight is 703 g/mol. The van der Waals surface area contributed by atoms with Crippen molar-refractivity contribution in [1.82, 2.24) is 9.80 Å². The predicted molar refractivity (Wildman–Crippen MR) is 180 cm³/mol. The van der Waals surface area contributed by atoms with Crippen molar-refractivity contribution < 1.29 is 57.0 Å². The van der Waals surface area contributed by atoms with Crippen molar-refractivity contribution in [2.75, 3.05) is 121 Å². The van der Waals surface area contributed by atoms with Gasteiger partial charge in [-0.2, -0.15) is 0 Å². The topological polar surface area (TPSA) is 133 Å². The lowest BCUT2D eigenvalue weighted by atomic mass is 9.80. The summed E-state index contributed by atoms with van der Waals surface area (Å²) < 4.78 is 56.7. The molecule has 3 aliphatic rings. The smallest absolute Gasteiger partial charge is 0.249 e. The summed E-state index contributed by atoms with van der Waals surface area (Å²) in [6, 6.07) is 6.55. The molecule has 50 heavy (non-hydrogen) atoms. The summed E-state index contributed by atoms with van der Waals surface area (Å²) in [7, 11) is 6.35. The van der Waals surface area contributed by atoms with Crippen LogP contribution in [0.5, 0.6) is 23.0 Å². The number of carbonyl (C=O) groups excluding carboxylic acids is 2. The number of fused-ring (bicyclic) bond motifs is 7. The van der Waals surface area contributed by atoms with Crippen LogP contribution in [0.1, 0.15) is 34.3 Å². The molecule has 0 N–H and O–H groups in total. The zero-order valence-electron chi connectivity index (χ0n) is 29.6. The van der Waals surface area contributed by atoms with Gasteiger partial charge in [0, 0.05) is 13.1 Å². The molecule has 1 saturated heterocycles. The third-order valence-electron chi connectivity index (χ3n) is 9.09. The summed E-state index contributed by atoms with van der Waals surface area (Å²) >= 11 is 0. The van der Waals surface area contributed by atoms with Crippen molar-refractivity contribution in [1.29, 1.82) is 0 Å². The molecule has 2 atom stereocenters. The molecule has 0 radical (unpaired) electrons. The van der Waals surface area contributed by atoms with Gasteiger partial charge in [-0.05, 0) is 59.4 Å². The van der Waals surface area contributed by atoms with Crippen LogP contribution in [-0.4, -0.2) is 142 Å². The number of hydrogen-bond acceptors (Lipinski definition) is 12. The first-order valence-electron chi connectivity index (χ1n) is 17.1. The van der Waals surface area contributed by atoms with Crippen LogP contribution in [0.25, 0.3) is 0 Å². The van der Waals surface area contributed by atoms with E-state index >= 15 is 0 Å². The van der Waals surface area contributed by atoms with Crippen molar-refractivity contribution in [2.24, 2.45) is 0 Å². The molecule has 2 amide bonds. The van der Waals surface area contributed by atoms with E-state index in [1.54, 1.807) is 28.4 Å². The molecular weight excluding hydrogens is 652 g/mol. The molecule has 0 aromatic heterocycles. The van der Waals surface area contributed by atoms with Crippen molar-refractivity contribution in [2.45, 2.75) is 24.9 Å². The van der Waals surface area contributed by atoms with Crippen LogP contribution in [0.2, 0.25) is 0 Å². The fraction of sp³-hybridized carbons (Fsp3) is 0.611. The van der Waals surface area contributed by atoms with E-state index in [1.165, 1.54) is 0 Å². The maximum absolute atomic E-state index is 14.1. The van der Waals surface area contributed by atoms with Crippen molar-refractivity contribution in [3.05, 3.63) is 46.5 Å². The largest absolute Gasteiger partial charge is 0.493 e. The van der Waals surface area contributed by atoms with Gasteiger partial charge in [-0.15, -0.1) is 0 Å². The molecule has 2 aromatic carbocycles. The first kappa shape index (κ1) is 37.6. The van der Waals surface area contributed by atoms with E-state index in [0.717, 1.165) is 22.3 Å². The zero-order chi connectivity index (χ0) is 35.3. The normalized spacial score (nSPS) is 22.2. The number of methoxy groups -OCH3 is 4. The Bertz CT molecular complexity index is 1320. The van der Waals surface area contributed by atoms with E-state index in [9.17, 15) is 9.59 Å². The Morgan fingerprint density at radius 1 is 0.480 bits per heavy atom. The van der Waals surface area contributed by atoms with Crippen LogP contribution in [0.15, 0.2) is 24.3 Å². The second kappa shape index (κ2) is 19.1. The maximum Gasteiger partial charge on any atom is 0.249 e. The SMILES string of the molecule is COc1cc2c(cc1OC)[C@H]1[C@@H]3c4cc(OC)c(OC)cc4CCN3C(=O)COCCOCCOCCOCCOCCOCC(=O)N1CC2. The van der Waals surface area contributed by atoms with E-state index in [1.807, 2.05) is 34.1 Å². The van der Waals surface area contributed by atoms with Crippen molar-refractivity contribution in [3.63, 3.8) is 0 Å². The minimum absolute atomic E-state index is 0.154. The van der Waals surface area contributed by atoms with Gasteiger partial charge in [0.25, 0.3) is 0 Å². The molecule has 3 heterocycles. The van der Waals surface area contributed by atoms with Crippen LogP contribution >= 0.6 is 0 Å². The highest BCUT2D eigenvalue weighted by Crippen LogP contribution is 2.49. The molecule has 0 bridgehead atoms. The van der Waals surface area contributed by atoms with E-state index in [2.05, 4.69) is 0 Å². The van der Waals surface area contributed by atoms with Crippen molar-refractivity contribution >= 4 is 11.8 Å². The third kappa shape index (κ3) is 9.16. The first-order valence-corrected chi connectivity index (χ1v) is 17.1. The number of carbonyl (C=O) groups is 2. The number of hydrogen-bond donors (Lipinski definition) is 0. The summed E-state index contributed by atoms with van der Waals surface area (Å²) in [5.41, 5.74) is 3.71. The molecule has 1 fully saturated rings. The van der Waals surface area contributed by atoms with E-state index < -0.39 is 12.1 Å². The second-order valence-corrected chi connectivity index (χ2v) is 11.9. The molecule has 14 heteroatoms. The Morgan fingerprint density at radius 3 is 1.10 bits per heavy atom. The van der Waals surface area contributed by atoms with Gasteiger partial charge >= 0.3 is 0 Å². The lowest BCUT2D eigenvalue weighted by Crippen LogP contribution is -2.52. The maximum atomic E-state index is 14.1. The molecule has 0 aliphatic carbocycles. The fourth-order valence-electron chi connectivity index (χ4n) is 6.68. The van der Waals surface area contributed by atoms with Crippen LogP contribution in [0.4, 0.5) is 0 Å². The summed E-state index contributed by atoms with van der Waals surface area (Å²) in [6.45, 7) is 4.14. The quantitative estimate of drug-likeness (QED) is 0.464. The van der Waals surface area contributed by atoms with Gasteiger partial charge in [0.05, 0.1) is 107 Å². The van der Waals surface area contributed by atoms with Crippen molar-refractivity contribution in [3.8, 4) is 23.0 Å². The van der Waals surface area contributed by atoms with Gasteiger partial charge < -0.3 is 57.2 Å². The fourth-order valence-corrected chi connectivity index (χ4v) is 6.68. The highest BCUT2D eigenvalue weighted by atomic mass is 16.6. The summed E-state index contributed by atoms with van der Waals surface area (Å²) in [5, 5.41) is 0. The average Bonchev–Trinajstić information content (AvgIpc) is 3.14. The number of rotatable bonds is 4. The van der Waals surface area contributed by atoms with E-state index in [4.69, 9.17) is 47.4 Å². The monoisotopic (exact) mass is 702 g/mol. The molecule has 276 valence electrons. The van der Waals surface area contributed by atoms with Crippen LogP contribution in [0, 0.1) is 0 Å². The molecule has 0 unspecified atom stereocenters. The Hall–Kier alpha value is -3.66. The number of ether oxygens (including phenoxy) is 10. The van der Waals surface area contributed by atoms with Gasteiger partial charge in [-0.25, -0.2) is 0 Å². The van der Waals surface area contributed by atoms with Gasteiger partial charge in [-0.3, -0.25) is 9.59 Å². The Morgan fingerprint density at radius 2 is 0.780 bits per heavy atom. The predicted octanol–water partition coefficient (Wildman–Crippen LogP) is 2.39. The molecular formula is C36H50N2O12. The van der Waals surface area contributed by atoms with E-state index in [-0.39, 0.29) is 38.2 Å². The van der Waals surface area contributed by atoms with Gasteiger partial charge in [-0.1, -0.05) is 0 Å². The Kier molecular flexibility index (Phi) is 14.3. The highest BCUT2D eigenvalue weighted by molar-refractivity contribution is 5.81. The van der Waals surface area contributed by atoms with Gasteiger partial charge in [0.1, 0.15) is 13.2 Å². The van der Waals surface area contributed by atoms with Crippen LogP contribution in [0.3, 0.4) is 0 Å². The lowest BCUT2D eigenvalue weighted by molar-refractivity contribution is -0.148. The molecule has 5 rings (SSSR count). The summed E-state index contributed by atoms with van der Waals surface area (Å²) in [4.78, 5) is 31.9. The standard InChI is InChI=1S/C36H50N2O12/c1-41-29-19-25-5-7-37-33(39)23-49-17-15-47-13-11-45-9-10-46-12-14-48-16-18-50-24-34(40)38-8-6-26-20-30(42-2)32(44-4)22-28(26)36(38)35(37)27(25)21-31(29)43-3/h19-22,35-36H,5-18,23-24H2,1-4H3/t35-,36-/m0/s1. The molecule has 2 aromatic rings. The molecule has 14 nitrogen and oxygen atoms in total. The van der Waals surface area contributed by atoms with Crippen LogP contribution in [-0.2, 0) is 50.9 Å². The lowest BCUT2D eigenvalue weighted by Gasteiger charge is -2.48. The minimum atomic E-state index is -0.599. The highest BCUT2D eigenvalue weighted by Gasteiger charge is 2.44. The van der Waals surface area contributed by atoms with Gasteiger partial charge in [0.2, 0.25) is 11.8 Å². The Balaban J connectivity index is 1.53. The molecule has 3 aliphatic heterocycles. The number of benzene rings is 2. The minimum Gasteiger partial charge on any atom is -0.493 e. The summed E-state index contributed by atoms with van der Waals surface area (Å²) in [6.07, 6.45) is 1.16. The molecule has 0 spiro atoms. The van der Waals surface area contributed by atoms with Gasteiger partial charge in [0.15, 0.2) is 23.0 Å². The zero-order valence-corrected chi connectivity index (χ0v) is 29.6. The number of nitrogens with zero attached hydrogens (tertiary/aromatic N) is 2. The van der Waals surface area contributed by atoms with Crippen LogP contribution < -0.4 is 18.9 Å². The first-order chi connectivity index (χ1) is 24.5. The Labute approximate surface area is 293 Å². The number of amides is 2. The summed E-state index contributed by atoms with van der Waals surface area (Å²) in [5.74, 6) is 1.82. The third-order valence-corrected chi connectivity index (χ3v) is 9.09. The van der Waals surface area contributed by atoms with E-state index in [0.29, 0.717) is 102 Å². The molecule has 0 saturated carbocycles. The second-order valence-electron chi connectivity index (χ2n) is 11.9.